The standard InChI is InChI=1S/C16H23F3.C13H22N2O.CH4O/c1-4-6-9-13(8-5-2)14-10-7-11-15(12(14)3)16(17,18)19;1-6-11(14)13(9(3)4)12(7-2)15-8-10(5)16;1-2/h7,10-11,13H,4-6,8-9H2,1-3H3;6,9H,1,7-8,14H2,2-5H3;2H,1H3/b;13-11-,15-12?;. The predicted octanol–water partition coefficient (Wildman–Crippen LogP) is 8.18. The van der Waals surface area contributed by atoms with E-state index in [1.165, 1.54) is 13.0 Å². The summed E-state index contributed by atoms with van der Waals surface area (Å²) >= 11 is 0. The lowest BCUT2D eigenvalue weighted by Crippen LogP contribution is -2.15. The van der Waals surface area contributed by atoms with Gasteiger partial charge in [0, 0.05) is 18.5 Å². The molecule has 0 saturated carbocycles. The van der Waals surface area contributed by atoms with Crippen LogP contribution in [0.3, 0.4) is 0 Å². The van der Waals surface area contributed by atoms with Crippen LogP contribution in [0.15, 0.2) is 47.1 Å². The highest BCUT2D eigenvalue weighted by atomic mass is 19.4. The molecule has 37 heavy (non-hydrogen) atoms. The third-order valence-electron chi connectivity index (χ3n) is 5.91. The van der Waals surface area contributed by atoms with Gasteiger partial charge in [-0.1, -0.05) is 72.6 Å². The summed E-state index contributed by atoms with van der Waals surface area (Å²) in [4.78, 5) is 15.2. The molecule has 1 rings (SSSR count). The lowest BCUT2D eigenvalue weighted by molar-refractivity contribution is -0.138. The molecule has 1 aromatic carbocycles. The molecule has 0 heterocycles. The fourth-order valence-corrected chi connectivity index (χ4v) is 4.19. The molecule has 0 fully saturated rings. The summed E-state index contributed by atoms with van der Waals surface area (Å²) in [6, 6.07) is 4.59. The van der Waals surface area contributed by atoms with E-state index in [-0.39, 0.29) is 24.2 Å². The van der Waals surface area contributed by atoms with Gasteiger partial charge in [0.2, 0.25) is 0 Å². The number of halogens is 3. The molecular formula is C30H49F3N2O2. The second kappa shape index (κ2) is 19.7. The molecule has 0 aromatic heterocycles. The van der Waals surface area contributed by atoms with Crippen molar-refractivity contribution >= 4 is 11.5 Å². The number of unbranched alkanes of at least 4 members (excludes halogenated alkanes) is 1. The van der Waals surface area contributed by atoms with Crippen LogP contribution in [0, 0.1) is 12.8 Å². The number of hydrogen-bond acceptors (Lipinski definition) is 4. The average Bonchev–Trinajstić information content (AvgIpc) is 2.84. The van der Waals surface area contributed by atoms with Crippen LogP contribution in [0.1, 0.15) is 103 Å². The summed E-state index contributed by atoms with van der Waals surface area (Å²) in [5.74, 6) is 0.599. The molecule has 0 aliphatic heterocycles. The highest BCUT2D eigenvalue weighted by Crippen LogP contribution is 2.37. The number of carbonyl (C=O) groups is 1. The predicted molar refractivity (Wildman–Crippen MR) is 151 cm³/mol. The summed E-state index contributed by atoms with van der Waals surface area (Å²) in [6.07, 6.45) is 3.25. The highest BCUT2D eigenvalue weighted by Gasteiger charge is 2.33. The smallest absolute Gasteiger partial charge is 0.400 e. The molecule has 1 atom stereocenters. The van der Waals surface area contributed by atoms with E-state index >= 15 is 0 Å². The number of Topliss-reactive ketones (excluding diaryl/α,β-unsaturated/α-hetero) is 1. The van der Waals surface area contributed by atoms with E-state index in [4.69, 9.17) is 10.8 Å². The van der Waals surface area contributed by atoms with Crippen molar-refractivity contribution in [2.24, 2.45) is 16.6 Å². The number of nitrogens with zero attached hydrogens (tertiary/aromatic N) is 1. The monoisotopic (exact) mass is 526 g/mol. The van der Waals surface area contributed by atoms with E-state index in [1.54, 1.807) is 19.1 Å². The Hall–Kier alpha value is -2.41. The van der Waals surface area contributed by atoms with E-state index in [0.29, 0.717) is 11.3 Å². The van der Waals surface area contributed by atoms with Gasteiger partial charge in [-0.25, -0.2) is 0 Å². The molecule has 3 N–H and O–H groups in total. The van der Waals surface area contributed by atoms with Crippen LogP contribution in [0.2, 0.25) is 0 Å². The van der Waals surface area contributed by atoms with Crippen molar-refractivity contribution < 1.29 is 23.1 Å². The molecule has 0 aliphatic carbocycles. The normalized spacial score (nSPS) is 13.1. The molecular weight excluding hydrogens is 477 g/mol. The Balaban J connectivity index is 0. The first-order valence-corrected chi connectivity index (χ1v) is 13.1. The van der Waals surface area contributed by atoms with Gasteiger partial charge in [-0.2, -0.15) is 13.2 Å². The van der Waals surface area contributed by atoms with Crippen LogP contribution in [-0.4, -0.2) is 30.3 Å². The van der Waals surface area contributed by atoms with Crippen LogP contribution in [0.4, 0.5) is 13.2 Å². The second-order valence-corrected chi connectivity index (χ2v) is 9.19. The number of allylic oxidation sites excluding steroid dienone is 2. The molecule has 0 radical (unpaired) electrons. The van der Waals surface area contributed by atoms with Crippen LogP contribution >= 0.6 is 0 Å². The van der Waals surface area contributed by atoms with Gasteiger partial charge in [-0.3, -0.25) is 9.79 Å². The Morgan fingerprint density at radius 3 is 2.14 bits per heavy atom. The van der Waals surface area contributed by atoms with Gasteiger partial charge in [0.1, 0.15) is 0 Å². The molecule has 7 heteroatoms. The summed E-state index contributed by atoms with van der Waals surface area (Å²) in [6.45, 7) is 17.4. The molecule has 1 unspecified atom stereocenters. The number of carbonyl (C=O) groups excluding carboxylic acids is 1. The minimum Gasteiger partial charge on any atom is -0.400 e. The minimum atomic E-state index is -4.25. The fourth-order valence-electron chi connectivity index (χ4n) is 4.19. The maximum atomic E-state index is 12.9. The van der Waals surface area contributed by atoms with Crippen molar-refractivity contribution in [1.82, 2.24) is 0 Å². The first-order valence-electron chi connectivity index (χ1n) is 13.1. The quantitative estimate of drug-likeness (QED) is 0.213. The van der Waals surface area contributed by atoms with Crippen LogP contribution in [-0.2, 0) is 11.0 Å². The summed E-state index contributed by atoms with van der Waals surface area (Å²) < 4.78 is 38.8. The van der Waals surface area contributed by atoms with Crippen molar-refractivity contribution in [3.63, 3.8) is 0 Å². The average molecular weight is 527 g/mol. The van der Waals surface area contributed by atoms with E-state index in [9.17, 15) is 18.0 Å². The number of nitrogens with two attached hydrogens (primary N) is 1. The summed E-state index contributed by atoms with van der Waals surface area (Å²) in [7, 11) is 1.00. The molecule has 0 bridgehead atoms. The number of benzene rings is 1. The minimum absolute atomic E-state index is 0.0613. The zero-order chi connectivity index (χ0) is 29.2. The third-order valence-corrected chi connectivity index (χ3v) is 5.91. The van der Waals surface area contributed by atoms with Gasteiger partial charge in [0.25, 0.3) is 0 Å². The highest BCUT2D eigenvalue weighted by molar-refractivity contribution is 6.02. The zero-order valence-corrected chi connectivity index (χ0v) is 24.1. The van der Waals surface area contributed by atoms with Crippen molar-refractivity contribution in [1.29, 1.82) is 0 Å². The van der Waals surface area contributed by atoms with Gasteiger partial charge in [-0.15, -0.1) is 0 Å². The fraction of sp³-hybridized carbons (Fsp3) is 0.600. The van der Waals surface area contributed by atoms with E-state index < -0.39 is 11.7 Å². The SMILES string of the molecule is C=C/C(N)=C(/C(CC)=NCC(C)=O)C(C)C.CCCCC(CCC)c1cccc(C(F)(F)F)c1C.CO. The largest absolute Gasteiger partial charge is 0.416 e. The molecule has 0 aliphatic rings. The first-order chi connectivity index (χ1) is 17.3. The maximum absolute atomic E-state index is 12.9. The van der Waals surface area contributed by atoms with Gasteiger partial charge in [0.15, 0.2) is 5.78 Å². The first kappa shape index (κ1) is 36.7. The van der Waals surface area contributed by atoms with Gasteiger partial charge in [0.05, 0.1) is 12.1 Å². The maximum Gasteiger partial charge on any atom is 0.416 e. The number of rotatable bonds is 12. The van der Waals surface area contributed by atoms with E-state index in [2.05, 4.69) is 39.3 Å². The summed E-state index contributed by atoms with van der Waals surface area (Å²) in [5, 5.41) is 7.00. The van der Waals surface area contributed by atoms with Gasteiger partial charge < -0.3 is 10.8 Å². The van der Waals surface area contributed by atoms with Crippen molar-refractivity contribution in [3.8, 4) is 0 Å². The number of aliphatic hydroxyl groups is 1. The van der Waals surface area contributed by atoms with Crippen molar-refractivity contribution in [3.05, 3.63) is 58.8 Å². The Morgan fingerprint density at radius 2 is 1.73 bits per heavy atom. The number of aliphatic imine (C=N–C) groups is 1. The Labute approximate surface area is 223 Å². The Morgan fingerprint density at radius 1 is 1.14 bits per heavy atom. The number of ketones is 1. The lowest BCUT2D eigenvalue weighted by Gasteiger charge is -2.21. The third kappa shape index (κ3) is 13.6. The molecule has 212 valence electrons. The molecule has 4 nitrogen and oxygen atoms in total. The number of hydrogen-bond donors (Lipinski definition) is 2. The molecule has 1 aromatic rings. The Bertz CT molecular complexity index is 872. The van der Waals surface area contributed by atoms with E-state index in [1.807, 2.05) is 13.0 Å². The van der Waals surface area contributed by atoms with E-state index in [0.717, 1.165) is 62.5 Å². The van der Waals surface area contributed by atoms with Crippen molar-refractivity contribution in [2.45, 2.75) is 99.1 Å². The van der Waals surface area contributed by atoms with Gasteiger partial charge >= 0.3 is 6.18 Å². The zero-order valence-electron chi connectivity index (χ0n) is 24.1. The summed E-state index contributed by atoms with van der Waals surface area (Å²) in [5.41, 5.74) is 9.26. The van der Waals surface area contributed by atoms with Gasteiger partial charge in [-0.05, 0) is 73.8 Å². The molecule has 0 amide bonds. The molecule has 0 saturated heterocycles. The topological polar surface area (TPSA) is 75.7 Å². The van der Waals surface area contributed by atoms with Crippen LogP contribution in [0.25, 0.3) is 0 Å². The molecule has 0 spiro atoms. The number of aliphatic hydroxyl groups excluding tert-OH is 1. The van der Waals surface area contributed by atoms with Crippen LogP contribution in [0.5, 0.6) is 0 Å². The second-order valence-electron chi connectivity index (χ2n) is 9.19. The lowest BCUT2D eigenvalue weighted by atomic mass is 9.85. The van der Waals surface area contributed by atoms with Crippen molar-refractivity contribution in [2.75, 3.05) is 13.7 Å². The Kier molecular flexibility index (Phi) is 19.5. The number of alkyl halides is 3. The van der Waals surface area contributed by atoms with Crippen LogP contribution < -0.4 is 5.73 Å².